The molecule has 0 aliphatic carbocycles. The molecule has 0 fully saturated rings. The smallest absolute Gasteiger partial charge is 0.141 e. The molecule has 1 aliphatic rings. The van der Waals surface area contributed by atoms with Crippen LogP contribution in [0, 0.1) is 6.07 Å². The van der Waals surface area contributed by atoms with Crippen molar-refractivity contribution >= 4 is 11.6 Å². The maximum Gasteiger partial charge on any atom is 0.141 e. The molecule has 10 heavy (non-hydrogen) atoms. The van der Waals surface area contributed by atoms with Crippen LogP contribution in [0.2, 0.25) is 5.02 Å². The minimum Gasteiger partial charge on any atom is -0.491 e. The van der Waals surface area contributed by atoms with E-state index in [1.165, 1.54) is 5.56 Å². The molecule has 0 aromatic heterocycles. The van der Waals surface area contributed by atoms with Crippen LogP contribution in [-0.4, -0.2) is 6.61 Å². The maximum atomic E-state index is 5.81. The molecule has 1 radical (unpaired) electrons. The lowest BCUT2D eigenvalue weighted by atomic mass is 10.2. The highest BCUT2D eigenvalue weighted by Gasteiger charge is 2.13. The van der Waals surface area contributed by atoms with E-state index < -0.39 is 0 Å². The Kier molecular flexibility index (Phi) is 1.31. The molecule has 1 aliphatic heterocycles. The van der Waals surface area contributed by atoms with Crippen molar-refractivity contribution < 1.29 is 4.74 Å². The Balaban J connectivity index is 2.59. The van der Waals surface area contributed by atoms with E-state index in [9.17, 15) is 0 Å². The second kappa shape index (κ2) is 2.17. The molecular formula is C8H6ClO. The van der Waals surface area contributed by atoms with E-state index in [0.717, 1.165) is 18.8 Å². The Labute approximate surface area is 64.6 Å². The largest absolute Gasteiger partial charge is 0.491 e. The minimum absolute atomic E-state index is 0.676. The molecule has 0 saturated carbocycles. The zero-order chi connectivity index (χ0) is 6.97. The molecule has 2 heteroatoms. The van der Waals surface area contributed by atoms with Gasteiger partial charge in [-0.05, 0) is 23.8 Å². The second-order valence-electron chi connectivity index (χ2n) is 2.26. The average Bonchev–Trinajstić information content (AvgIpc) is 2.36. The van der Waals surface area contributed by atoms with Crippen molar-refractivity contribution in [1.29, 1.82) is 0 Å². The van der Waals surface area contributed by atoms with Gasteiger partial charge in [-0.2, -0.15) is 0 Å². The van der Waals surface area contributed by atoms with Crippen LogP contribution in [0.3, 0.4) is 0 Å². The van der Waals surface area contributed by atoms with Gasteiger partial charge in [0.1, 0.15) is 5.75 Å². The summed E-state index contributed by atoms with van der Waals surface area (Å²) in [6.45, 7) is 0.757. The van der Waals surface area contributed by atoms with Gasteiger partial charge in [0.25, 0.3) is 0 Å². The number of halogens is 1. The van der Waals surface area contributed by atoms with Crippen molar-refractivity contribution in [3.8, 4) is 5.75 Å². The van der Waals surface area contributed by atoms with Gasteiger partial charge in [-0.15, -0.1) is 0 Å². The van der Waals surface area contributed by atoms with Gasteiger partial charge in [0.15, 0.2) is 0 Å². The van der Waals surface area contributed by atoms with E-state index in [0.29, 0.717) is 5.02 Å². The third-order valence-corrected chi connectivity index (χ3v) is 1.87. The molecule has 1 heterocycles. The monoisotopic (exact) mass is 153 g/mol. The van der Waals surface area contributed by atoms with Crippen molar-refractivity contribution in [2.24, 2.45) is 0 Å². The molecule has 0 atom stereocenters. The minimum atomic E-state index is 0.676. The van der Waals surface area contributed by atoms with Gasteiger partial charge in [0.2, 0.25) is 0 Å². The lowest BCUT2D eigenvalue weighted by Gasteiger charge is -1.98. The highest BCUT2D eigenvalue weighted by Crippen LogP contribution is 2.32. The first-order chi connectivity index (χ1) is 4.88. The number of benzene rings is 1. The molecule has 0 unspecified atom stereocenters. The first-order valence-corrected chi connectivity index (χ1v) is 3.57. The normalized spacial score (nSPS) is 14.5. The van der Waals surface area contributed by atoms with Crippen LogP contribution in [0.4, 0.5) is 0 Å². The summed E-state index contributed by atoms with van der Waals surface area (Å²) in [5, 5.41) is 0.676. The molecule has 0 amide bonds. The van der Waals surface area contributed by atoms with Gasteiger partial charge in [-0.25, -0.2) is 0 Å². The van der Waals surface area contributed by atoms with Crippen LogP contribution in [0.25, 0.3) is 0 Å². The van der Waals surface area contributed by atoms with E-state index in [1.807, 2.05) is 6.07 Å². The first-order valence-electron chi connectivity index (χ1n) is 3.19. The molecule has 0 saturated heterocycles. The highest BCUT2D eigenvalue weighted by atomic mass is 35.5. The van der Waals surface area contributed by atoms with Crippen LogP contribution >= 0.6 is 11.6 Å². The van der Waals surface area contributed by atoms with Crippen LogP contribution in [0.1, 0.15) is 5.56 Å². The lowest BCUT2D eigenvalue weighted by Crippen LogP contribution is -1.86. The lowest BCUT2D eigenvalue weighted by molar-refractivity contribution is 0.357. The molecule has 2 rings (SSSR count). The molecule has 1 aromatic carbocycles. The molecule has 1 nitrogen and oxygen atoms in total. The summed E-state index contributed by atoms with van der Waals surface area (Å²) >= 11 is 5.81. The van der Waals surface area contributed by atoms with Crippen LogP contribution in [0.15, 0.2) is 12.1 Å². The number of fused-ring (bicyclic) bond motifs is 1. The molecule has 0 N–H and O–H groups in total. The van der Waals surface area contributed by atoms with Gasteiger partial charge >= 0.3 is 0 Å². The number of hydrogen-bond donors (Lipinski definition) is 0. The average molecular weight is 154 g/mol. The second-order valence-corrected chi connectivity index (χ2v) is 2.66. The van der Waals surface area contributed by atoms with E-state index in [2.05, 4.69) is 6.07 Å². The predicted molar refractivity (Wildman–Crippen MR) is 39.5 cm³/mol. The Bertz CT molecular complexity index is 257. The highest BCUT2D eigenvalue weighted by molar-refractivity contribution is 6.32. The zero-order valence-corrected chi connectivity index (χ0v) is 6.11. The topological polar surface area (TPSA) is 9.23 Å². The molecule has 0 spiro atoms. The Morgan fingerprint density at radius 2 is 2.40 bits per heavy atom. The van der Waals surface area contributed by atoms with Crippen molar-refractivity contribution in [1.82, 2.24) is 0 Å². The fourth-order valence-electron chi connectivity index (χ4n) is 1.11. The Morgan fingerprint density at radius 3 is 3.20 bits per heavy atom. The third kappa shape index (κ3) is 0.781. The summed E-state index contributed by atoms with van der Waals surface area (Å²) in [7, 11) is 0. The quantitative estimate of drug-likeness (QED) is 0.555. The van der Waals surface area contributed by atoms with Crippen molar-refractivity contribution in [2.75, 3.05) is 6.61 Å². The SMILES string of the molecule is Clc1c[c]cc2c1OCC2. The van der Waals surface area contributed by atoms with Crippen LogP contribution in [-0.2, 0) is 6.42 Å². The standard InChI is InChI=1S/C8H6ClO/c9-7-3-1-2-6-4-5-10-8(6)7/h2-3H,4-5H2. The fourth-order valence-corrected chi connectivity index (χ4v) is 1.35. The molecular weight excluding hydrogens is 148 g/mol. The predicted octanol–water partition coefficient (Wildman–Crippen LogP) is 2.08. The molecule has 0 bridgehead atoms. The fraction of sp³-hybridized carbons (Fsp3) is 0.250. The van der Waals surface area contributed by atoms with Crippen LogP contribution < -0.4 is 4.74 Å². The number of hydrogen-bond acceptors (Lipinski definition) is 1. The van der Waals surface area contributed by atoms with Gasteiger partial charge < -0.3 is 4.74 Å². The van der Waals surface area contributed by atoms with E-state index in [-0.39, 0.29) is 0 Å². The molecule has 51 valence electrons. The first kappa shape index (κ1) is 6.05. The third-order valence-electron chi connectivity index (χ3n) is 1.59. The summed E-state index contributed by atoms with van der Waals surface area (Å²) in [5.74, 6) is 0.848. The van der Waals surface area contributed by atoms with E-state index in [1.54, 1.807) is 6.07 Å². The summed E-state index contributed by atoms with van der Waals surface area (Å²) < 4.78 is 5.28. The zero-order valence-electron chi connectivity index (χ0n) is 5.36. The van der Waals surface area contributed by atoms with Gasteiger partial charge in [0.05, 0.1) is 11.6 Å². The summed E-state index contributed by atoms with van der Waals surface area (Å²) in [6.07, 6.45) is 0.965. The van der Waals surface area contributed by atoms with Crippen molar-refractivity contribution in [3.63, 3.8) is 0 Å². The van der Waals surface area contributed by atoms with Gasteiger partial charge in [-0.3, -0.25) is 0 Å². The number of rotatable bonds is 0. The van der Waals surface area contributed by atoms with Gasteiger partial charge in [0, 0.05) is 6.42 Å². The summed E-state index contributed by atoms with van der Waals surface area (Å²) in [6, 6.07) is 6.60. The van der Waals surface area contributed by atoms with E-state index in [4.69, 9.17) is 16.3 Å². The summed E-state index contributed by atoms with van der Waals surface area (Å²) in [4.78, 5) is 0. The van der Waals surface area contributed by atoms with Gasteiger partial charge in [-0.1, -0.05) is 11.6 Å². The Morgan fingerprint density at radius 1 is 1.50 bits per heavy atom. The maximum absolute atomic E-state index is 5.81. The Hall–Kier alpha value is -0.690. The number of ether oxygens (including phenoxy) is 1. The van der Waals surface area contributed by atoms with Crippen molar-refractivity contribution in [2.45, 2.75) is 6.42 Å². The summed E-state index contributed by atoms with van der Waals surface area (Å²) in [5.41, 5.74) is 1.17. The van der Waals surface area contributed by atoms with Crippen molar-refractivity contribution in [3.05, 3.63) is 28.8 Å². The van der Waals surface area contributed by atoms with E-state index >= 15 is 0 Å². The molecule has 1 aromatic rings. The van der Waals surface area contributed by atoms with Crippen LogP contribution in [0.5, 0.6) is 5.75 Å².